The number of carbonyl (C=O) groups is 1. The molecule has 2 N–H and O–H groups in total. The topological polar surface area (TPSA) is 50.4 Å². The molecule has 2 aromatic carbocycles. The van der Waals surface area contributed by atoms with Gasteiger partial charge in [0, 0.05) is 5.69 Å². The summed E-state index contributed by atoms with van der Waals surface area (Å²) < 4.78 is 18.2. The minimum atomic E-state index is -0.371. The number of hydrogen-bond acceptors (Lipinski definition) is 3. The Balaban J connectivity index is 1.77. The van der Waals surface area contributed by atoms with Crippen LogP contribution >= 0.6 is 12.2 Å². The molecule has 0 fully saturated rings. The van der Waals surface area contributed by atoms with Crippen molar-refractivity contribution in [3.63, 3.8) is 0 Å². The molecule has 0 atom stereocenters. The average molecular weight is 332 g/mol. The third kappa shape index (κ3) is 5.67. The van der Waals surface area contributed by atoms with Crippen LogP contribution < -0.4 is 15.4 Å². The van der Waals surface area contributed by atoms with Crippen molar-refractivity contribution in [3.8, 4) is 5.75 Å². The first-order chi connectivity index (χ1) is 11.1. The summed E-state index contributed by atoms with van der Waals surface area (Å²) >= 11 is 5.02. The zero-order valence-electron chi connectivity index (χ0n) is 12.6. The molecular weight excluding hydrogens is 315 g/mol. The molecule has 120 valence electrons. The second-order valence-corrected chi connectivity index (χ2v) is 5.20. The molecule has 0 saturated heterocycles. The van der Waals surface area contributed by atoms with Crippen molar-refractivity contribution in [1.29, 1.82) is 0 Å². The largest absolute Gasteiger partial charge is 0.484 e. The smallest absolute Gasteiger partial charge is 0.264 e. The number of halogens is 1. The molecule has 0 aliphatic heterocycles. The predicted octanol–water partition coefficient (Wildman–Crippen LogP) is 3.28. The SMILES string of the molecule is CCc1ccc(OCC(=O)NC(=S)Nc2ccc(F)cc2)cc1. The van der Waals surface area contributed by atoms with E-state index in [1.807, 2.05) is 24.3 Å². The molecule has 0 saturated carbocycles. The fraction of sp³-hybridized carbons (Fsp3) is 0.176. The molecule has 0 aromatic heterocycles. The number of amides is 1. The normalized spacial score (nSPS) is 10.0. The third-order valence-electron chi connectivity index (χ3n) is 3.06. The van der Waals surface area contributed by atoms with E-state index < -0.39 is 0 Å². The maximum atomic E-state index is 12.8. The highest BCUT2D eigenvalue weighted by molar-refractivity contribution is 7.80. The molecular formula is C17H17FN2O2S. The summed E-state index contributed by atoms with van der Waals surface area (Å²) in [5.74, 6) is -0.0908. The van der Waals surface area contributed by atoms with Crippen LogP contribution in [0.25, 0.3) is 0 Å². The van der Waals surface area contributed by atoms with Gasteiger partial charge in [-0.2, -0.15) is 0 Å². The zero-order chi connectivity index (χ0) is 16.7. The van der Waals surface area contributed by atoms with Gasteiger partial charge in [-0.3, -0.25) is 10.1 Å². The number of thiocarbonyl (C=S) groups is 1. The molecule has 0 spiro atoms. The van der Waals surface area contributed by atoms with Crippen molar-refractivity contribution in [1.82, 2.24) is 5.32 Å². The Bertz CT molecular complexity index is 672. The number of carbonyl (C=O) groups excluding carboxylic acids is 1. The molecule has 0 aliphatic rings. The maximum absolute atomic E-state index is 12.8. The molecule has 4 nitrogen and oxygen atoms in total. The van der Waals surface area contributed by atoms with E-state index in [0.717, 1.165) is 6.42 Å². The van der Waals surface area contributed by atoms with E-state index in [2.05, 4.69) is 17.6 Å². The van der Waals surface area contributed by atoms with Gasteiger partial charge in [0.2, 0.25) is 0 Å². The van der Waals surface area contributed by atoms with Crippen molar-refractivity contribution >= 4 is 28.9 Å². The van der Waals surface area contributed by atoms with Crippen LogP contribution in [0.15, 0.2) is 48.5 Å². The molecule has 2 rings (SSSR count). The number of hydrogen-bond donors (Lipinski definition) is 2. The van der Waals surface area contributed by atoms with Gasteiger partial charge in [-0.15, -0.1) is 0 Å². The highest BCUT2D eigenvalue weighted by Gasteiger charge is 2.06. The molecule has 1 amide bonds. The molecule has 2 aromatic rings. The minimum absolute atomic E-state index is 0.131. The van der Waals surface area contributed by atoms with Crippen molar-refractivity contribution in [2.75, 3.05) is 11.9 Å². The Labute approximate surface area is 139 Å². The van der Waals surface area contributed by atoms with Crippen LogP contribution in [0.4, 0.5) is 10.1 Å². The lowest BCUT2D eigenvalue weighted by Crippen LogP contribution is -2.37. The first kappa shape index (κ1) is 16.9. The van der Waals surface area contributed by atoms with Gasteiger partial charge in [0.05, 0.1) is 0 Å². The van der Waals surface area contributed by atoms with E-state index in [9.17, 15) is 9.18 Å². The predicted molar refractivity (Wildman–Crippen MR) is 92.1 cm³/mol. The number of aryl methyl sites for hydroxylation is 1. The molecule has 0 heterocycles. The second kappa shape index (κ2) is 8.24. The molecule has 6 heteroatoms. The number of ether oxygens (including phenoxy) is 1. The van der Waals surface area contributed by atoms with Crippen LogP contribution in [0.1, 0.15) is 12.5 Å². The molecule has 0 radical (unpaired) electrons. The Hall–Kier alpha value is -2.47. The highest BCUT2D eigenvalue weighted by Crippen LogP contribution is 2.12. The Morgan fingerprint density at radius 3 is 2.39 bits per heavy atom. The van der Waals surface area contributed by atoms with Gasteiger partial charge >= 0.3 is 0 Å². The van der Waals surface area contributed by atoms with Crippen LogP contribution in [0, 0.1) is 5.82 Å². The number of nitrogens with one attached hydrogen (secondary N) is 2. The van der Waals surface area contributed by atoms with Crippen LogP contribution in [0.3, 0.4) is 0 Å². The summed E-state index contributed by atoms with van der Waals surface area (Å²) in [6.45, 7) is 1.93. The first-order valence-corrected chi connectivity index (χ1v) is 7.56. The van der Waals surface area contributed by atoms with Crippen LogP contribution in [0.5, 0.6) is 5.75 Å². The van der Waals surface area contributed by atoms with E-state index in [0.29, 0.717) is 11.4 Å². The zero-order valence-corrected chi connectivity index (χ0v) is 13.5. The fourth-order valence-corrected chi connectivity index (χ4v) is 2.06. The summed E-state index contributed by atoms with van der Waals surface area (Å²) in [4.78, 5) is 11.8. The van der Waals surface area contributed by atoms with Gasteiger partial charge in [-0.05, 0) is 60.6 Å². The Morgan fingerprint density at radius 2 is 1.78 bits per heavy atom. The minimum Gasteiger partial charge on any atom is -0.484 e. The van der Waals surface area contributed by atoms with Gasteiger partial charge in [0.25, 0.3) is 5.91 Å². The second-order valence-electron chi connectivity index (χ2n) is 4.80. The summed E-state index contributed by atoms with van der Waals surface area (Å²) in [7, 11) is 0. The lowest BCUT2D eigenvalue weighted by molar-refractivity contribution is -0.121. The van der Waals surface area contributed by atoms with E-state index in [1.54, 1.807) is 0 Å². The van der Waals surface area contributed by atoms with Crippen molar-refractivity contribution in [3.05, 3.63) is 59.9 Å². The van der Waals surface area contributed by atoms with Crippen molar-refractivity contribution in [2.45, 2.75) is 13.3 Å². The summed E-state index contributed by atoms with van der Waals surface area (Å²) in [6, 6.07) is 13.2. The lowest BCUT2D eigenvalue weighted by Gasteiger charge is -2.10. The Kier molecular flexibility index (Phi) is 6.05. The third-order valence-corrected chi connectivity index (χ3v) is 3.26. The monoisotopic (exact) mass is 332 g/mol. The van der Waals surface area contributed by atoms with Gasteiger partial charge in [0.1, 0.15) is 11.6 Å². The van der Waals surface area contributed by atoms with Crippen LogP contribution in [0.2, 0.25) is 0 Å². The van der Waals surface area contributed by atoms with Gasteiger partial charge in [-0.1, -0.05) is 19.1 Å². The molecule has 23 heavy (non-hydrogen) atoms. The maximum Gasteiger partial charge on any atom is 0.264 e. The van der Waals surface area contributed by atoms with E-state index in [-0.39, 0.29) is 23.4 Å². The molecule has 0 unspecified atom stereocenters. The Morgan fingerprint density at radius 1 is 1.13 bits per heavy atom. The van der Waals surface area contributed by atoms with Crippen LogP contribution in [-0.2, 0) is 11.2 Å². The quantitative estimate of drug-likeness (QED) is 0.825. The van der Waals surface area contributed by atoms with Gasteiger partial charge in [0.15, 0.2) is 11.7 Å². The van der Waals surface area contributed by atoms with Gasteiger partial charge < -0.3 is 10.1 Å². The van der Waals surface area contributed by atoms with Gasteiger partial charge in [-0.25, -0.2) is 4.39 Å². The number of benzene rings is 2. The van der Waals surface area contributed by atoms with Crippen molar-refractivity contribution < 1.29 is 13.9 Å². The number of rotatable bonds is 5. The molecule has 0 bridgehead atoms. The van der Waals surface area contributed by atoms with E-state index >= 15 is 0 Å². The lowest BCUT2D eigenvalue weighted by atomic mass is 10.2. The number of anilines is 1. The fourth-order valence-electron chi connectivity index (χ4n) is 1.83. The summed E-state index contributed by atoms with van der Waals surface area (Å²) in [5, 5.41) is 5.42. The van der Waals surface area contributed by atoms with E-state index in [4.69, 9.17) is 17.0 Å². The average Bonchev–Trinajstić information content (AvgIpc) is 2.55. The standard InChI is InChI=1S/C17H17FN2O2S/c1-2-12-3-9-15(10-4-12)22-11-16(21)20-17(23)19-14-7-5-13(18)6-8-14/h3-10H,2,11H2,1H3,(H2,19,20,21,23). The highest BCUT2D eigenvalue weighted by atomic mass is 32.1. The van der Waals surface area contributed by atoms with E-state index in [1.165, 1.54) is 29.8 Å². The first-order valence-electron chi connectivity index (χ1n) is 7.15. The van der Waals surface area contributed by atoms with Crippen LogP contribution in [-0.4, -0.2) is 17.6 Å². The summed E-state index contributed by atoms with van der Waals surface area (Å²) in [5.41, 5.74) is 1.79. The van der Waals surface area contributed by atoms with Crippen molar-refractivity contribution in [2.24, 2.45) is 0 Å². The summed E-state index contributed by atoms with van der Waals surface area (Å²) in [6.07, 6.45) is 0.949. The molecule has 0 aliphatic carbocycles.